The van der Waals surface area contributed by atoms with Crippen molar-refractivity contribution < 1.29 is 14.1 Å². The smallest absolute Gasteiger partial charge is 0.276 e. The number of likely N-dealkylation sites (tertiary alicyclic amines) is 2. The minimum Gasteiger partial charge on any atom is -0.364 e. The van der Waals surface area contributed by atoms with Gasteiger partial charge in [0.1, 0.15) is 6.26 Å². The molecular formula is C17H21N5O3. The van der Waals surface area contributed by atoms with E-state index in [4.69, 9.17) is 4.52 Å². The van der Waals surface area contributed by atoms with Gasteiger partial charge in [0.15, 0.2) is 5.69 Å². The van der Waals surface area contributed by atoms with Gasteiger partial charge in [0.25, 0.3) is 5.91 Å². The van der Waals surface area contributed by atoms with Crippen molar-refractivity contribution in [3.05, 3.63) is 36.0 Å². The van der Waals surface area contributed by atoms with Crippen LogP contribution in [-0.2, 0) is 18.3 Å². The molecule has 0 radical (unpaired) electrons. The number of hydrogen-bond acceptors (Lipinski definition) is 5. The van der Waals surface area contributed by atoms with Gasteiger partial charge in [-0.1, -0.05) is 5.16 Å². The Bertz CT molecular complexity index is 766. The summed E-state index contributed by atoms with van der Waals surface area (Å²) in [7, 11) is 1.85. The van der Waals surface area contributed by atoms with Gasteiger partial charge < -0.3 is 14.3 Å². The molecule has 0 aromatic carbocycles. The quantitative estimate of drug-likeness (QED) is 0.820. The van der Waals surface area contributed by atoms with Crippen LogP contribution < -0.4 is 0 Å². The number of piperidine rings is 1. The Kier molecular flexibility index (Phi) is 3.82. The van der Waals surface area contributed by atoms with Crippen molar-refractivity contribution in [2.75, 3.05) is 26.2 Å². The molecule has 2 aromatic heterocycles. The Morgan fingerprint density at radius 1 is 1.20 bits per heavy atom. The lowest BCUT2D eigenvalue weighted by Gasteiger charge is -2.54. The molecule has 4 heterocycles. The Hall–Kier alpha value is -2.64. The number of carbonyl (C=O) groups excluding carboxylic acids is 2. The summed E-state index contributed by atoms with van der Waals surface area (Å²) < 4.78 is 6.48. The minimum absolute atomic E-state index is 0.0768. The van der Waals surface area contributed by atoms with E-state index >= 15 is 0 Å². The highest BCUT2D eigenvalue weighted by atomic mass is 16.5. The largest absolute Gasteiger partial charge is 0.364 e. The minimum atomic E-state index is -0.0768. The second-order valence-electron chi connectivity index (χ2n) is 7.05. The summed E-state index contributed by atoms with van der Waals surface area (Å²) in [6.07, 6.45) is 5.36. The van der Waals surface area contributed by atoms with Crippen LogP contribution in [0.3, 0.4) is 0 Å². The molecule has 2 aliphatic heterocycles. The molecule has 2 fully saturated rings. The first-order chi connectivity index (χ1) is 12.1. The first-order valence-corrected chi connectivity index (χ1v) is 8.51. The molecular weight excluding hydrogens is 322 g/mol. The van der Waals surface area contributed by atoms with E-state index in [-0.39, 0.29) is 17.2 Å². The average Bonchev–Trinajstić information content (AvgIpc) is 3.25. The SMILES string of the molecule is Cn1nccc1CC(=O)N1CC2(CCN(C(=O)c3ccon3)CC2)C1. The van der Waals surface area contributed by atoms with Gasteiger partial charge in [-0.15, -0.1) is 0 Å². The van der Waals surface area contributed by atoms with Gasteiger partial charge in [-0.25, -0.2) is 0 Å². The second kappa shape index (κ2) is 6.02. The summed E-state index contributed by atoms with van der Waals surface area (Å²) in [4.78, 5) is 28.4. The van der Waals surface area contributed by atoms with Gasteiger partial charge in [-0.05, 0) is 18.9 Å². The van der Waals surface area contributed by atoms with E-state index in [9.17, 15) is 9.59 Å². The molecule has 1 spiro atoms. The summed E-state index contributed by atoms with van der Waals surface area (Å²) in [6, 6.07) is 3.47. The maximum Gasteiger partial charge on any atom is 0.276 e. The molecule has 25 heavy (non-hydrogen) atoms. The molecule has 132 valence electrons. The molecule has 2 aliphatic rings. The first kappa shape index (κ1) is 15.9. The third kappa shape index (κ3) is 2.92. The van der Waals surface area contributed by atoms with Crippen LogP contribution in [0.15, 0.2) is 29.1 Å². The number of rotatable bonds is 3. The van der Waals surface area contributed by atoms with Crippen LogP contribution >= 0.6 is 0 Å². The predicted molar refractivity (Wildman–Crippen MR) is 87.6 cm³/mol. The van der Waals surface area contributed by atoms with Crippen LogP contribution in [0, 0.1) is 5.41 Å². The molecule has 0 aliphatic carbocycles. The van der Waals surface area contributed by atoms with Crippen LogP contribution in [-0.4, -0.2) is 62.7 Å². The fourth-order valence-electron chi connectivity index (χ4n) is 3.77. The van der Waals surface area contributed by atoms with Crippen molar-refractivity contribution in [1.29, 1.82) is 0 Å². The van der Waals surface area contributed by atoms with Crippen LogP contribution in [0.1, 0.15) is 29.0 Å². The van der Waals surface area contributed by atoms with E-state index in [0.29, 0.717) is 25.2 Å². The highest BCUT2D eigenvalue weighted by molar-refractivity contribution is 5.92. The summed E-state index contributed by atoms with van der Waals surface area (Å²) in [6.45, 7) is 2.98. The number of aryl methyl sites for hydroxylation is 1. The van der Waals surface area contributed by atoms with E-state index in [2.05, 4.69) is 10.3 Å². The Morgan fingerprint density at radius 3 is 2.56 bits per heavy atom. The lowest BCUT2D eigenvalue weighted by atomic mass is 9.72. The monoisotopic (exact) mass is 343 g/mol. The topological polar surface area (TPSA) is 84.5 Å². The van der Waals surface area contributed by atoms with Crippen LogP contribution in [0.5, 0.6) is 0 Å². The van der Waals surface area contributed by atoms with Gasteiger partial charge in [0.05, 0.1) is 6.42 Å². The van der Waals surface area contributed by atoms with E-state index in [0.717, 1.165) is 31.6 Å². The van der Waals surface area contributed by atoms with Gasteiger partial charge >= 0.3 is 0 Å². The Labute approximate surface area is 145 Å². The van der Waals surface area contributed by atoms with E-state index < -0.39 is 0 Å². The van der Waals surface area contributed by atoms with E-state index in [1.165, 1.54) is 6.26 Å². The van der Waals surface area contributed by atoms with Gasteiger partial charge in [0.2, 0.25) is 5.91 Å². The molecule has 8 heteroatoms. The lowest BCUT2D eigenvalue weighted by molar-refractivity contribution is -0.145. The van der Waals surface area contributed by atoms with Crippen molar-refractivity contribution in [1.82, 2.24) is 24.7 Å². The molecule has 2 amide bonds. The van der Waals surface area contributed by atoms with Crippen molar-refractivity contribution in [3.8, 4) is 0 Å². The summed E-state index contributed by atoms with van der Waals surface area (Å²) in [5.74, 6) is 0.0717. The summed E-state index contributed by atoms with van der Waals surface area (Å²) in [5.41, 5.74) is 1.46. The summed E-state index contributed by atoms with van der Waals surface area (Å²) in [5, 5.41) is 7.81. The number of carbonyl (C=O) groups is 2. The van der Waals surface area contributed by atoms with Crippen molar-refractivity contribution in [2.24, 2.45) is 12.5 Å². The number of aromatic nitrogens is 3. The third-order valence-electron chi connectivity index (χ3n) is 5.43. The first-order valence-electron chi connectivity index (χ1n) is 8.51. The molecule has 8 nitrogen and oxygen atoms in total. The zero-order valence-electron chi connectivity index (χ0n) is 14.2. The van der Waals surface area contributed by atoms with Crippen LogP contribution in [0.4, 0.5) is 0 Å². The lowest BCUT2D eigenvalue weighted by Crippen LogP contribution is -2.62. The molecule has 0 bridgehead atoms. The maximum atomic E-state index is 12.4. The Morgan fingerprint density at radius 2 is 1.96 bits per heavy atom. The highest BCUT2D eigenvalue weighted by Crippen LogP contribution is 2.40. The van der Waals surface area contributed by atoms with Gasteiger partial charge in [-0.2, -0.15) is 5.10 Å². The number of amides is 2. The fourth-order valence-corrected chi connectivity index (χ4v) is 3.77. The fraction of sp³-hybridized carbons (Fsp3) is 0.529. The molecule has 2 saturated heterocycles. The molecule has 0 saturated carbocycles. The second-order valence-corrected chi connectivity index (χ2v) is 7.05. The maximum absolute atomic E-state index is 12.4. The van der Waals surface area contributed by atoms with E-state index in [1.807, 2.05) is 22.9 Å². The van der Waals surface area contributed by atoms with Gasteiger partial charge in [-0.3, -0.25) is 14.3 Å². The van der Waals surface area contributed by atoms with Gasteiger partial charge in [0, 0.05) is 56.6 Å². The predicted octanol–water partition coefficient (Wildman–Crippen LogP) is 0.715. The van der Waals surface area contributed by atoms with Crippen LogP contribution in [0.2, 0.25) is 0 Å². The zero-order valence-corrected chi connectivity index (χ0v) is 14.2. The van der Waals surface area contributed by atoms with Crippen molar-refractivity contribution in [3.63, 3.8) is 0 Å². The molecule has 4 rings (SSSR count). The average molecular weight is 343 g/mol. The number of hydrogen-bond donors (Lipinski definition) is 0. The van der Waals surface area contributed by atoms with E-state index in [1.54, 1.807) is 16.9 Å². The summed E-state index contributed by atoms with van der Waals surface area (Å²) >= 11 is 0. The number of nitrogens with zero attached hydrogens (tertiary/aromatic N) is 5. The standard InChI is InChI=1S/C17H21N5O3/c1-20-13(2-6-18-20)10-15(23)22-11-17(12-22)4-7-21(8-5-17)16(24)14-3-9-25-19-14/h2-3,6,9H,4-5,7-8,10-12H2,1H3. The van der Waals surface area contributed by atoms with Crippen molar-refractivity contribution >= 4 is 11.8 Å². The van der Waals surface area contributed by atoms with Crippen molar-refractivity contribution in [2.45, 2.75) is 19.3 Å². The molecule has 2 aromatic rings. The third-order valence-corrected chi connectivity index (χ3v) is 5.43. The molecule has 0 atom stereocenters. The normalized spacial score (nSPS) is 19.1. The molecule has 0 unspecified atom stereocenters. The zero-order chi connectivity index (χ0) is 17.4. The van der Waals surface area contributed by atoms with Crippen LogP contribution in [0.25, 0.3) is 0 Å². The highest BCUT2D eigenvalue weighted by Gasteiger charge is 2.47. The Balaban J connectivity index is 1.28. The molecule has 0 N–H and O–H groups in total.